The third kappa shape index (κ3) is 5.93. The maximum atomic E-state index is 13.5. The first-order valence-corrected chi connectivity index (χ1v) is 14.4. The Hall–Kier alpha value is -1.85. The second kappa shape index (κ2) is 11.1. The second-order valence-corrected chi connectivity index (χ2v) is 12.2. The van der Waals surface area contributed by atoms with Gasteiger partial charge in [-0.1, -0.05) is 11.6 Å². The molecule has 0 radical (unpaired) electrons. The minimum absolute atomic E-state index is 0.0625. The number of nitrogens with two attached hydrogens (primary N) is 1. The van der Waals surface area contributed by atoms with Crippen LogP contribution in [0.15, 0.2) is 18.2 Å². The molecule has 3 aliphatic rings. The van der Waals surface area contributed by atoms with Crippen LogP contribution in [0.1, 0.15) is 47.7 Å². The standard InChI is InChI=1S/C26H35ClFN5O3S/c1-32-24(29)22(25(34)30-19-2-3-21(28)20(27)12-19)23(31-32)16-10-17-13-26(35,14-18(17)11-16)15-37-9-6-33-4-7-36-8-5-33/h2-3,12,16-18,35H,4-11,13-15,29H2,1H3,(H,30,34)/t16?,17-,18?,26?/m1/s1. The first-order chi connectivity index (χ1) is 17.7. The fourth-order valence-corrected chi connectivity index (χ4v) is 7.57. The summed E-state index contributed by atoms with van der Waals surface area (Å²) in [4.78, 5) is 15.6. The van der Waals surface area contributed by atoms with Crippen molar-refractivity contribution >= 4 is 40.8 Å². The number of aliphatic hydroxyl groups is 1. The molecule has 2 aliphatic carbocycles. The van der Waals surface area contributed by atoms with Gasteiger partial charge in [-0.25, -0.2) is 4.39 Å². The maximum absolute atomic E-state index is 13.5. The number of morpholine rings is 1. The molecule has 0 bridgehead atoms. The van der Waals surface area contributed by atoms with Crippen molar-refractivity contribution in [1.82, 2.24) is 14.7 Å². The van der Waals surface area contributed by atoms with Crippen molar-refractivity contribution in [3.63, 3.8) is 0 Å². The van der Waals surface area contributed by atoms with Gasteiger partial charge in [0.15, 0.2) is 0 Å². The highest BCUT2D eigenvalue weighted by Gasteiger charge is 2.49. The Kier molecular flexibility index (Phi) is 8.02. The molecule has 2 aromatic rings. The number of hydrogen-bond donors (Lipinski definition) is 3. The Bertz CT molecular complexity index is 1130. The van der Waals surface area contributed by atoms with Crippen molar-refractivity contribution in [1.29, 1.82) is 0 Å². The van der Waals surface area contributed by atoms with Crippen molar-refractivity contribution in [3.05, 3.63) is 40.3 Å². The number of amides is 1. The van der Waals surface area contributed by atoms with Gasteiger partial charge in [-0.2, -0.15) is 16.9 Å². The largest absolute Gasteiger partial charge is 0.389 e. The number of nitrogen functional groups attached to an aromatic ring is 1. The molecule has 0 spiro atoms. The van der Waals surface area contributed by atoms with E-state index in [1.165, 1.54) is 22.9 Å². The van der Waals surface area contributed by atoms with Crippen LogP contribution in [0.3, 0.4) is 0 Å². The molecule has 11 heteroatoms. The lowest BCUT2D eigenvalue weighted by Gasteiger charge is -2.28. The first kappa shape index (κ1) is 26.7. The summed E-state index contributed by atoms with van der Waals surface area (Å²) in [7, 11) is 1.73. The average Bonchev–Trinajstić information content (AvgIpc) is 3.49. The van der Waals surface area contributed by atoms with Crippen molar-refractivity contribution in [2.75, 3.05) is 55.4 Å². The molecule has 2 heterocycles. The van der Waals surface area contributed by atoms with E-state index in [4.69, 9.17) is 22.1 Å². The van der Waals surface area contributed by atoms with E-state index in [0.717, 1.165) is 70.0 Å². The summed E-state index contributed by atoms with van der Waals surface area (Å²) in [6.45, 7) is 4.64. The molecule has 1 aliphatic heterocycles. The zero-order valence-corrected chi connectivity index (χ0v) is 22.7. The minimum Gasteiger partial charge on any atom is -0.389 e. The molecule has 202 valence electrons. The smallest absolute Gasteiger partial charge is 0.261 e. The number of aryl methyl sites for hydroxylation is 1. The second-order valence-electron chi connectivity index (χ2n) is 10.7. The van der Waals surface area contributed by atoms with Crippen molar-refractivity contribution in [2.24, 2.45) is 18.9 Å². The quantitative estimate of drug-likeness (QED) is 0.429. The maximum Gasteiger partial charge on any atom is 0.261 e. The zero-order chi connectivity index (χ0) is 26.2. The van der Waals surface area contributed by atoms with Crippen LogP contribution < -0.4 is 11.1 Å². The lowest BCUT2D eigenvalue weighted by atomic mass is 9.92. The number of benzene rings is 1. The Morgan fingerprint density at radius 2 is 2.03 bits per heavy atom. The first-order valence-electron chi connectivity index (χ1n) is 12.9. The fraction of sp³-hybridized carbons (Fsp3) is 0.615. The number of nitrogens with zero attached hydrogens (tertiary/aromatic N) is 3. The fourth-order valence-electron chi connectivity index (χ4n) is 6.24. The number of carbonyl (C=O) groups excluding carboxylic acids is 1. The number of rotatable bonds is 8. The lowest BCUT2D eigenvalue weighted by Crippen LogP contribution is -2.38. The zero-order valence-electron chi connectivity index (χ0n) is 21.1. The molecule has 37 heavy (non-hydrogen) atoms. The third-order valence-corrected chi connectivity index (χ3v) is 9.56. The molecule has 5 rings (SSSR count). The van der Waals surface area contributed by atoms with Gasteiger partial charge in [0, 0.05) is 49.8 Å². The van der Waals surface area contributed by atoms with E-state index in [9.17, 15) is 14.3 Å². The van der Waals surface area contributed by atoms with Gasteiger partial charge in [0.2, 0.25) is 0 Å². The summed E-state index contributed by atoms with van der Waals surface area (Å²) in [5.74, 6) is 2.07. The van der Waals surface area contributed by atoms with Crippen LogP contribution in [-0.2, 0) is 11.8 Å². The summed E-state index contributed by atoms with van der Waals surface area (Å²) < 4.78 is 20.5. The van der Waals surface area contributed by atoms with Crippen LogP contribution in [0.2, 0.25) is 5.02 Å². The van der Waals surface area contributed by atoms with Crippen molar-refractivity contribution in [3.8, 4) is 0 Å². The number of carbonyl (C=O) groups is 1. The van der Waals surface area contributed by atoms with Gasteiger partial charge in [0.1, 0.15) is 17.2 Å². The molecular formula is C26H35ClFN5O3S. The van der Waals surface area contributed by atoms with Crippen LogP contribution in [0.5, 0.6) is 0 Å². The molecule has 1 aromatic carbocycles. The van der Waals surface area contributed by atoms with Gasteiger partial charge in [-0.15, -0.1) is 0 Å². The Morgan fingerprint density at radius 3 is 2.70 bits per heavy atom. The molecule has 3 unspecified atom stereocenters. The van der Waals surface area contributed by atoms with E-state index in [-0.39, 0.29) is 16.8 Å². The van der Waals surface area contributed by atoms with Crippen LogP contribution in [0.4, 0.5) is 15.9 Å². The van der Waals surface area contributed by atoms with E-state index >= 15 is 0 Å². The van der Waals surface area contributed by atoms with E-state index in [2.05, 4.69) is 15.3 Å². The monoisotopic (exact) mass is 551 g/mol. The van der Waals surface area contributed by atoms with Gasteiger partial charge in [-0.3, -0.25) is 14.4 Å². The highest BCUT2D eigenvalue weighted by atomic mass is 35.5. The molecule has 3 fully saturated rings. The molecule has 4 N–H and O–H groups in total. The molecule has 4 atom stereocenters. The van der Waals surface area contributed by atoms with Crippen LogP contribution in [0.25, 0.3) is 0 Å². The number of anilines is 2. The van der Waals surface area contributed by atoms with E-state index in [0.29, 0.717) is 34.6 Å². The Labute approximate surface area is 226 Å². The predicted octanol–water partition coefficient (Wildman–Crippen LogP) is 3.75. The Balaban J connectivity index is 1.18. The topological polar surface area (TPSA) is 106 Å². The molecule has 1 aromatic heterocycles. The summed E-state index contributed by atoms with van der Waals surface area (Å²) in [5, 5.41) is 18.6. The Morgan fingerprint density at radius 1 is 1.32 bits per heavy atom. The highest BCUT2D eigenvalue weighted by molar-refractivity contribution is 7.99. The molecule has 2 saturated carbocycles. The number of nitrogens with one attached hydrogen (secondary N) is 1. The molecule has 1 saturated heterocycles. The lowest BCUT2D eigenvalue weighted by molar-refractivity contribution is 0.0408. The van der Waals surface area contributed by atoms with E-state index in [1.54, 1.807) is 7.05 Å². The van der Waals surface area contributed by atoms with Gasteiger partial charge in [0.25, 0.3) is 5.91 Å². The van der Waals surface area contributed by atoms with Crippen LogP contribution >= 0.6 is 23.4 Å². The van der Waals surface area contributed by atoms with E-state index < -0.39 is 11.4 Å². The van der Waals surface area contributed by atoms with Gasteiger partial charge in [-0.05, 0) is 55.7 Å². The summed E-state index contributed by atoms with van der Waals surface area (Å²) in [5.41, 5.74) is 7.09. The number of thioether (sulfide) groups is 1. The minimum atomic E-state index is -0.624. The average molecular weight is 552 g/mol. The number of fused-ring (bicyclic) bond motifs is 1. The summed E-state index contributed by atoms with van der Waals surface area (Å²) in [6.07, 6.45) is 3.34. The van der Waals surface area contributed by atoms with Crippen LogP contribution in [0, 0.1) is 17.7 Å². The number of hydrogen-bond acceptors (Lipinski definition) is 7. The van der Waals surface area contributed by atoms with Crippen molar-refractivity contribution in [2.45, 2.75) is 37.2 Å². The van der Waals surface area contributed by atoms with Crippen molar-refractivity contribution < 1.29 is 19.0 Å². The molecular weight excluding hydrogens is 517 g/mol. The van der Waals surface area contributed by atoms with E-state index in [1.807, 2.05) is 11.8 Å². The van der Waals surface area contributed by atoms with Gasteiger partial charge in [0.05, 0.1) is 29.5 Å². The predicted molar refractivity (Wildman–Crippen MR) is 145 cm³/mol. The summed E-state index contributed by atoms with van der Waals surface area (Å²) in [6, 6.07) is 4.05. The number of halogens is 2. The number of ether oxygens (including phenoxy) is 1. The summed E-state index contributed by atoms with van der Waals surface area (Å²) >= 11 is 7.71. The van der Waals surface area contributed by atoms with Crippen LogP contribution in [-0.4, -0.2) is 75.6 Å². The van der Waals surface area contributed by atoms with Gasteiger partial charge >= 0.3 is 0 Å². The molecule has 8 nitrogen and oxygen atoms in total. The normalized spacial score (nSPS) is 27.9. The van der Waals surface area contributed by atoms with Gasteiger partial charge < -0.3 is 20.9 Å². The number of aromatic nitrogens is 2. The SMILES string of the molecule is Cn1nc(C2CC3CC(O)(CSCCN4CCOCC4)C[C@H]3C2)c(C(=O)Nc2ccc(F)c(Cl)c2)c1N. The third-order valence-electron chi connectivity index (χ3n) is 8.06. The highest BCUT2D eigenvalue weighted by Crippen LogP contribution is 2.54. The molecule has 1 amide bonds.